The number of hydrogen-bond donors (Lipinski definition) is 0. The Balaban J connectivity index is 3.72. The molecule has 1 radical (unpaired) electrons. The van der Waals surface area contributed by atoms with Crippen LogP contribution in [0.25, 0.3) is 0 Å². The summed E-state index contributed by atoms with van der Waals surface area (Å²) < 4.78 is 22.5. The summed E-state index contributed by atoms with van der Waals surface area (Å²) >= 11 is 0. The standard InChI is InChI=1S/C5H7F2/c1-3-4(2)5(6)7/h1,3H2,2H3. The second-order valence-electron chi connectivity index (χ2n) is 1.29. The summed E-state index contributed by atoms with van der Waals surface area (Å²) in [7, 11) is 0. The maximum Gasteiger partial charge on any atom is 0.269 e. The highest BCUT2D eigenvalue weighted by Crippen LogP contribution is 2.08. The first-order chi connectivity index (χ1) is 3.18. The van der Waals surface area contributed by atoms with Crippen molar-refractivity contribution in [3.8, 4) is 0 Å². The molecule has 0 spiro atoms. The molecule has 0 N–H and O–H groups in total. The molecule has 0 atom stereocenters. The topological polar surface area (TPSA) is 0 Å². The van der Waals surface area contributed by atoms with E-state index in [-0.39, 0.29) is 12.0 Å². The highest BCUT2D eigenvalue weighted by atomic mass is 19.3. The fraction of sp³-hybridized carbons (Fsp3) is 0.400. The molecule has 0 aromatic rings. The average molecular weight is 105 g/mol. The van der Waals surface area contributed by atoms with Crippen LogP contribution in [0, 0.1) is 6.92 Å². The number of halogens is 2. The van der Waals surface area contributed by atoms with Crippen molar-refractivity contribution < 1.29 is 8.78 Å². The molecule has 0 aromatic heterocycles. The van der Waals surface area contributed by atoms with Crippen molar-refractivity contribution in [1.82, 2.24) is 0 Å². The van der Waals surface area contributed by atoms with E-state index in [1.807, 2.05) is 0 Å². The Labute approximate surface area is 41.8 Å². The van der Waals surface area contributed by atoms with Gasteiger partial charge in [0.05, 0.1) is 0 Å². The molecule has 7 heavy (non-hydrogen) atoms. The fourth-order valence-corrected chi connectivity index (χ4v) is 0.0945. The maximum absolute atomic E-state index is 11.3. The van der Waals surface area contributed by atoms with Crippen molar-refractivity contribution in [2.24, 2.45) is 0 Å². The van der Waals surface area contributed by atoms with Gasteiger partial charge >= 0.3 is 0 Å². The molecule has 0 saturated heterocycles. The zero-order valence-corrected chi connectivity index (χ0v) is 4.17. The zero-order chi connectivity index (χ0) is 5.86. The first-order valence-electron chi connectivity index (χ1n) is 1.98. The molecule has 0 rings (SSSR count). The van der Waals surface area contributed by atoms with Crippen molar-refractivity contribution >= 4 is 0 Å². The van der Waals surface area contributed by atoms with Gasteiger partial charge in [0, 0.05) is 0 Å². The monoisotopic (exact) mass is 105 g/mol. The van der Waals surface area contributed by atoms with Gasteiger partial charge in [0.25, 0.3) is 6.08 Å². The third-order valence-corrected chi connectivity index (χ3v) is 0.698. The molecule has 0 aliphatic carbocycles. The highest BCUT2D eigenvalue weighted by Gasteiger charge is 1.92. The van der Waals surface area contributed by atoms with Gasteiger partial charge < -0.3 is 0 Å². The van der Waals surface area contributed by atoms with E-state index >= 15 is 0 Å². The Morgan fingerprint density at radius 3 is 2.00 bits per heavy atom. The molecule has 0 fully saturated rings. The molecule has 0 nitrogen and oxygen atoms in total. The van der Waals surface area contributed by atoms with Gasteiger partial charge in [-0.15, -0.1) is 0 Å². The van der Waals surface area contributed by atoms with Crippen LogP contribution in [0.2, 0.25) is 0 Å². The minimum absolute atomic E-state index is 0.0694. The Bertz CT molecular complexity index is 80.1. The van der Waals surface area contributed by atoms with Gasteiger partial charge in [0.1, 0.15) is 0 Å². The van der Waals surface area contributed by atoms with Gasteiger partial charge in [0.15, 0.2) is 0 Å². The van der Waals surface area contributed by atoms with Crippen molar-refractivity contribution in [3.05, 3.63) is 18.6 Å². The maximum atomic E-state index is 11.3. The summed E-state index contributed by atoms with van der Waals surface area (Å²) in [6.45, 7) is 4.63. The van der Waals surface area contributed by atoms with Crippen LogP contribution in [0.4, 0.5) is 8.78 Å². The van der Waals surface area contributed by atoms with E-state index in [2.05, 4.69) is 6.92 Å². The largest absolute Gasteiger partial charge is 0.269 e. The normalized spacial score (nSPS) is 8.57. The summed E-state index contributed by atoms with van der Waals surface area (Å²) in [5.74, 6) is 0. The van der Waals surface area contributed by atoms with E-state index in [9.17, 15) is 8.78 Å². The molecule has 0 amide bonds. The van der Waals surface area contributed by atoms with Crippen LogP contribution in [0.3, 0.4) is 0 Å². The minimum atomic E-state index is -1.60. The number of rotatable bonds is 1. The second kappa shape index (κ2) is 2.72. The van der Waals surface area contributed by atoms with Gasteiger partial charge in [0.2, 0.25) is 0 Å². The highest BCUT2D eigenvalue weighted by molar-refractivity contribution is 4.98. The summed E-state index contributed by atoms with van der Waals surface area (Å²) in [4.78, 5) is 0. The van der Waals surface area contributed by atoms with Gasteiger partial charge in [-0.05, 0) is 25.8 Å². The lowest BCUT2D eigenvalue weighted by Gasteiger charge is -1.86. The van der Waals surface area contributed by atoms with Crippen LogP contribution in [0.5, 0.6) is 0 Å². The predicted molar refractivity (Wildman–Crippen MR) is 24.9 cm³/mol. The van der Waals surface area contributed by atoms with E-state index in [1.165, 1.54) is 6.92 Å². The first kappa shape index (κ1) is 6.60. The Hall–Kier alpha value is -0.400. The molecule has 0 heterocycles. The van der Waals surface area contributed by atoms with Crippen molar-refractivity contribution in [2.45, 2.75) is 13.3 Å². The number of hydrogen-bond acceptors (Lipinski definition) is 0. The van der Waals surface area contributed by atoms with Crippen LogP contribution >= 0.6 is 0 Å². The molecule has 0 unspecified atom stereocenters. The van der Waals surface area contributed by atoms with E-state index < -0.39 is 6.08 Å². The lowest BCUT2D eigenvalue weighted by Crippen LogP contribution is -1.70. The molecule has 0 aliphatic rings. The third kappa shape index (κ3) is 2.31. The molecule has 0 bridgehead atoms. The molecular formula is C5H7F2. The van der Waals surface area contributed by atoms with Crippen molar-refractivity contribution in [2.75, 3.05) is 0 Å². The first-order valence-corrected chi connectivity index (χ1v) is 1.98. The van der Waals surface area contributed by atoms with Crippen LogP contribution in [-0.2, 0) is 0 Å². The Morgan fingerprint density at radius 2 is 2.00 bits per heavy atom. The van der Waals surface area contributed by atoms with Crippen LogP contribution in [0.1, 0.15) is 13.3 Å². The lowest BCUT2D eigenvalue weighted by molar-refractivity contribution is 0.410. The SMILES string of the molecule is [CH2]CC(C)=C(F)F. The lowest BCUT2D eigenvalue weighted by atomic mass is 10.3. The molecule has 41 valence electrons. The average Bonchev–Trinajstić information content (AvgIpc) is 1.65. The van der Waals surface area contributed by atoms with Gasteiger partial charge in [-0.1, -0.05) is 0 Å². The summed E-state index contributed by atoms with van der Waals surface area (Å²) in [5, 5.41) is 0. The van der Waals surface area contributed by atoms with Crippen LogP contribution < -0.4 is 0 Å². The van der Waals surface area contributed by atoms with E-state index in [1.54, 1.807) is 0 Å². The smallest absolute Gasteiger partial charge is 0.173 e. The van der Waals surface area contributed by atoms with Crippen LogP contribution in [-0.4, -0.2) is 0 Å². The van der Waals surface area contributed by atoms with Crippen molar-refractivity contribution in [1.29, 1.82) is 0 Å². The molecule has 0 aromatic carbocycles. The van der Waals surface area contributed by atoms with Gasteiger partial charge in [-0.2, -0.15) is 8.78 Å². The second-order valence-corrected chi connectivity index (χ2v) is 1.29. The Morgan fingerprint density at radius 1 is 1.57 bits per heavy atom. The zero-order valence-electron chi connectivity index (χ0n) is 4.17. The van der Waals surface area contributed by atoms with E-state index in [0.29, 0.717) is 0 Å². The summed E-state index contributed by atoms with van der Waals surface area (Å²) in [6.07, 6.45) is -1.41. The fourth-order valence-electron chi connectivity index (χ4n) is 0.0945. The molecule has 0 saturated carbocycles. The molecule has 0 aliphatic heterocycles. The minimum Gasteiger partial charge on any atom is -0.173 e. The van der Waals surface area contributed by atoms with Crippen molar-refractivity contribution in [3.63, 3.8) is 0 Å². The van der Waals surface area contributed by atoms with E-state index in [0.717, 1.165) is 0 Å². The third-order valence-electron chi connectivity index (χ3n) is 0.698. The molecule has 2 heteroatoms. The van der Waals surface area contributed by atoms with Crippen LogP contribution in [0.15, 0.2) is 11.7 Å². The molecular weight excluding hydrogens is 98.1 g/mol. The Kier molecular flexibility index (Phi) is 2.56. The predicted octanol–water partition coefficient (Wildman–Crippen LogP) is 2.38. The quantitative estimate of drug-likeness (QED) is 0.480. The van der Waals surface area contributed by atoms with Gasteiger partial charge in [-0.25, -0.2) is 0 Å². The van der Waals surface area contributed by atoms with E-state index in [4.69, 9.17) is 0 Å². The summed E-state index contributed by atoms with van der Waals surface area (Å²) in [5.41, 5.74) is 0.0694. The van der Waals surface area contributed by atoms with Gasteiger partial charge in [-0.3, -0.25) is 0 Å². The summed E-state index contributed by atoms with van der Waals surface area (Å²) in [6, 6.07) is 0. The number of allylic oxidation sites excluding steroid dienone is 1.